The summed E-state index contributed by atoms with van der Waals surface area (Å²) in [6, 6.07) is 15.8. The lowest BCUT2D eigenvalue weighted by Crippen LogP contribution is -2.48. The average Bonchev–Trinajstić information content (AvgIpc) is 3.42. The van der Waals surface area contributed by atoms with E-state index < -0.39 is 30.8 Å². The predicted molar refractivity (Wildman–Crippen MR) is 129 cm³/mol. The summed E-state index contributed by atoms with van der Waals surface area (Å²) in [7, 11) is 2.83. The first-order valence-corrected chi connectivity index (χ1v) is 11.2. The summed E-state index contributed by atoms with van der Waals surface area (Å²) in [5.74, 6) is -1.28. The smallest absolute Gasteiger partial charge is 0.222 e. The highest BCUT2D eigenvalue weighted by atomic mass is 19.1. The zero-order valence-electron chi connectivity index (χ0n) is 19.3. The minimum Gasteiger partial charge on any atom is -0.391 e. The van der Waals surface area contributed by atoms with Crippen LogP contribution in [0.2, 0.25) is 0 Å². The SMILES string of the molecule is CO[C@H]1[C@H](n2cc(-c3ccccc3)c3c2N(Nc2ccc(F)cc2)CN=C3)O[C@@](CO)(OC)[C@H]1O. The molecule has 5 rings (SSSR count). The number of anilines is 2. The van der Waals surface area contributed by atoms with Gasteiger partial charge in [0.05, 0.1) is 5.69 Å². The summed E-state index contributed by atoms with van der Waals surface area (Å²) >= 11 is 0. The van der Waals surface area contributed by atoms with Crippen molar-refractivity contribution in [1.82, 2.24) is 4.57 Å². The Morgan fingerprint density at radius 1 is 1.17 bits per heavy atom. The zero-order chi connectivity index (χ0) is 24.6. The summed E-state index contributed by atoms with van der Waals surface area (Å²) in [5.41, 5.74) is 6.62. The highest BCUT2D eigenvalue weighted by Gasteiger charge is 2.57. The molecule has 2 aliphatic rings. The fourth-order valence-electron chi connectivity index (χ4n) is 4.60. The first-order chi connectivity index (χ1) is 17.0. The van der Waals surface area contributed by atoms with Crippen molar-refractivity contribution in [2.45, 2.75) is 24.2 Å². The number of fused-ring (bicyclic) bond motifs is 1. The maximum Gasteiger partial charge on any atom is 0.222 e. The molecule has 3 aromatic rings. The van der Waals surface area contributed by atoms with Crippen molar-refractivity contribution in [1.29, 1.82) is 0 Å². The Kier molecular flexibility index (Phi) is 6.30. The van der Waals surface area contributed by atoms with Gasteiger partial charge in [0.15, 0.2) is 6.23 Å². The Balaban J connectivity index is 1.64. The summed E-state index contributed by atoms with van der Waals surface area (Å²) in [6.45, 7) is -0.292. The van der Waals surface area contributed by atoms with Gasteiger partial charge in [0.2, 0.25) is 5.79 Å². The number of aliphatic hydroxyl groups excluding tert-OH is 2. The quantitative estimate of drug-likeness (QED) is 0.476. The number of ether oxygens (including phenoxy) is 3. The largest absolute Gasteiger partial charge is 0.391 e. The maximum atomic E-state index is 13.5. The number of methoxy groups -OCH3 is 2. The molecular weight excluding hydrogens is 455 g/mol. The van der Waals surface area contributed by atoms with E-state index in [4.69, 9.17) is 14.2 Å². The zero-order valence-corrected chi connectivity index (χ0v) is 19.3. The molecule has 2 aliphatic heterocycles. The van der Waals surface area contributed by atoms with Gasteiger partial charge in [-0.25, -0.2) is 9.40 Å². The molecule has 1 saturated heterocycles. The lowest BCUT2D eigenvalue weighted by Gasteiger charge is -2.31. The van der Waals surface area contributed by atoms with Gasteiger partial charge in [0.1, 0.15) is 37.1 Å². The Hall–Kier alpha value is -3.28. The summed E-state index contributed by atoms with van der Waals surface area (Å²) in [5, 5.41) is 22.8. The maximum absolute atomic E-state index is 13.5. The lowest BCUT2D eigenvalue weighted by atomic mass is 10.0. The van der Waals surface area contributed by atoms with Crippen LogP contribution in [0, 0.1) is 5.82 Å². The van der Waals surface area contributed by atoms with Crippen LogP contribution in [-0.2, 0) is 14.2 Å². The van der Waals surface area contributed by atoms with Gasteiger partial charge in [-0.2, -0.15) is 0 Å². The van der Waals surface area contributed by atoms with Crippen molar-refractivity contribution in [3.05, 3.63) is 72.2 Å². The van der Waals surface area contributed by atoms with Crippen LogP contribution < -0.4 is 10.4 Å². The van der Waals surface area contributed by atoms with Gasteiger partial charge in [0.25, 0.3) is 0 Å². The number of aliphatic hydroxyl groups is 2. The minimum absolute atomic E-state index is 0.269. The molecule has 10 heteroatoms. The third kappa shape index (κ3) is 3.99. The lowest BCUT2D eigenvalue weighted by molar-refractivity contribution is -0.269. The topological polar surface area (TPSA) is 101 Å². The van der Waals surface area contributed by atoms with Crippen molar-refractivity contribution in [2.75, 3.05) is 37.9 Å². The average molecular weight is 483 g/mol. The molecule has 0 saturated carbocycles. The highest BCUT2D eigenvalue weighted by Crippen LogP contribution is 2.44. The molecule has 0 radical (unpaired) electrons. The standard InChI is InChI=1S/C25H27FN4O5/c1-33-21-22(32)25(14-31,34-2)35-24(21)29-13-20(16-6-4-3-5-7-16)19-12-27-15-30(23(19)29)28-18-10-8-17(26)9-11-18/h3-13,21-22,24,28,31-32H,14-15H2,1-2H3/t21-,22+,24-,25-/m1/s1. The molecular formula is C25H27FN4O5. The third-order valence-electron chi connectivity index (χ3n) is 6.41. The molecule has 0 unspecified atom stereocenters. The number of aromatic nitrogens is 1. The van der Waals surface area contributed by atoms with Crippen molar-refractivity contribution in [2.24, 2.45) is 4.99 Å². The van der Waals surface area contributed by atoms with Gasteiger partial charge < -0.3 is 29.0 Å². The van der Waals surface area contributed by atoms with Crippen molar-refractivity contribution in [3.8, 4) is 11.1 Å². The molecule has 0 bridgehead atoms. The Bertz CT molecular complexity index is 1200. The number of nitrogens with zero attached hydrogens (tertiary/aromatic N) is 3. The molecule has 2 aromatic carbocycles. The third-order valence-corrected chi connectivity index (χ3v) is 6.41. The van der Waals surface area contributed by atoms with Crippen LogP contribution in [-0.4, -0.2) is 66.5 Å². The van der Waals surface area contributed by atoms with Crippen molar-refractivity contribution >= 4 is 17.7 Å². The second kappa shape index (κ2) is 9.40. The summed E-state index contributed by atoms with van der Waals surface area (Å²) in [6.07, 6.45) is 0.774. The van der Waals surface area contributed by atoms with E-state index in [1.165, 1.54) is 26.4 Å². The fourth-order valence-corrected chi connectivity index (χ4v) is 4.60. The molecule has 35 heavy (non-hydrogen) atoms. The van der Waals surface area contributed by atoms with Crippen LogP contribution in [0.5, 0.6) is 0 Å². The second-order valence-corrected chi connectivity index (χ2v) is 8.38. The monoisotopic (exact) mass is 482 g/mol. The predicted octanol–water partition coefficient (Wildman–Crippen LogP) is 2.76. The normalized spacial score (nSPS) is 25.6. The number of hydrogen-bond acceptors (Lipinski definition) is 8. The van der Waals surface area contributed by atoms with E-state index in [2.05, 4.69) is 10.4 Å². The number of halogens is 1. The molecule has 184 valence electrons. The van der Waals surface area contributed by atoms with E-state index in [1.54, 1.807) is 18.3 Å². The van der Waals surface area contributed by atoms with Gasteiger partial charge >= 0.3 is 0 Å². The molecule has 0 spiro atoms. The number of hydrogen-bond donors (Lipinski definition) is 3. The number of nitrogens with one attached hydrogen (secondary N) is 1. The number of rotatable bonds is 7. The van der Waals surface area contributed by atoms with E-state index >= 15 is 0 Å². The molecule has 1 aromatic heterocycles. The molecule has 0 amide bonds. The Morgan fingerprint density at radius 2 is 1.91 bits per heavy atom. The number of benzene rings is 2. The number of aliphatic imine (C=N–C) groups is 1. The van der Waals surface area contributed by atoms with Crippen LogP contribution in [0.25, 0.3) is 11.1 Å². The molecule has 4 atom stereocenters. The van der Waals surface area contributed by atoms with E-state index in [-0.39, 0.29) is 12.5 Å². The number of hydrazine groups is 1. The van der Waals surface area contributed by atoms with Gasteiger partial charge in [-0.05, 0) is 29.8 Å². The molecule has 3 heterocycles. The molecule has 0 aliphatic carbocycles. The molecule has 3 N–H and O–H groups in total. The first kappa shape index (κ1) is 23.5. The van der Waals surface area contributed by atoms with Crippen LogP contribution in [0.4, 0.5) is 15.9 Å². The molecule has 1 fully saturated rings. The van der Waals surface area contributed by atoms with Crippen LogP contribution >= 0.6 is 0 Å². The highest BCUT2D eigenvalue weighted by molar-refractivity contribution is 5.98. The summed E-state index contributed by atoms with van der Waals surface area (Å²) in [4.78, 5) is 4.52. The minimum atomic E-state index is -1.65. The van der Waals surface area contributed by atoms with E-state index in [1.807, 2.05) is 46.1 Å². The Morgan fingerprint density at radius 3 is 2.57 bits per heavy atom. The van der Waals surface area contributed by atoms with Gasteiger partial charge in [-0.1, -0.05) is 30.3 Å². The second-order valence-electron chi connectivity index (χ2n) is 8.38. The van der Waals surface area contributed by atoms with Gasteiger partial charge in [-0.3, -0.25) is 10.4 Å². The van der Waals surface area contributed by atoms with Crippen molar-refractivity contribution in [3.63, 3.8) is 0 Å². The van der Waals surface area contributed by atoms with E-state index in [9.17, 15) is 14.6 Å². The van der Waals surface area contributed by atoms with Gasteiger partial charge in [-0.15, -0.1) is 0 Å². The summed E-state index contributed by atoms with van der Waals surface area (Å²) < 4.78 is 32.5. The van der Waals surface area contributed by atoms with E-state index in [0.29, 0.717) is 11.5 Å². The van der Waals surface area contributed by atoms with Crippen LogP contribution in [0.3, 0.4) is 0 Å². The molecule has 9 nitrogen and oxygen atoms in total. The van der Waals surface area contributed by atoms with Crippen LogP contribution in [0.1, 0.15) is 11.8 Å². The van der Waals surface area contributed by atoms with Crippen molar-refractivity contribution < 1.29 is 28.8 Å². The first-order valence-electron chi connectivity index (χ1n) is 11.2. The Labute approximate surface area is 202 Å². The fraction of sp³-hybridized carbons (Fsp3) is 0.320. The van der Waals surface area contributed by atoms with E-state index in [0.717, 1.165) is 16.7 Å². The van der Waals surface area contributed by atoms with Gasteiger partial charge in [0, 0.05) is 37.8 Å². The van der Waals surface area contributed by atoms with Crippen LogP contribution in [0.15, 0.2) is 65.8 Å².